The van der Waals surface area contributed by atoms with Gasteiger partial charge in [0.05, 0.1) is 0 Å². The normalized spacial score (nSPS) is 14.8. The van der Waals surface area contributed by atoms with Gasteiger partial charge in [-0.3, -0.25) is 14.5 Å². The number of hydrogen-bond acceptors (Lipinski definition) is 3. The lowest BCUT2D eigenvalue weighted by Crippen LogP contribution is -2.47. The standard InChI is InChI=1S/C26H26FN3O2/c1-19(31)28-25-17-22-5-3-2-4-21(22)16-23(25)8-11-26(32)30-14-12-29(13-15-30)18-20-6-9-24(27)10-7-20/h2-11,16-17H,12-15,18H2,1H3,(H,28,31)/b11-8+. The van der Waals surface area contributed by atoms with Gasteiger partial charge >= 0.3 is 0 Å². The lowest BCUT2D eigenvalue weighted by Gasteiger charge is -2.34. The Bertz CT molecular complexity index is 1150. The number of carbonyl (C=O) groups is 2. The van der Waals surface area contributed by atoms with Crippen molar-refractivity contribution in [1.29, 1.82) is 0 Å². The molecule has 1 saturated heterocycles. The first-order valence-corrected chi connectivity index (χ1v) is 10.7. The molecule has 0 saturated carbocycles. The van der Waals surface area contributed by atoms with Gasteiger partial charge in [-0.1, -0.05) is 36.4 Å². The van der Waals surface area contributed by atoms with Crippen LogP contribution in [0.5, 0.6) is 0 Å². The van der Waals surface area contributed by atoms with Crippen molar-refractivity contribution in [2.75, 3.05) is 31.5 Å². The number of carbonyl (C=O) groups excluding carboxylic acids is 2. The van der Waals surface area contributed by atoms with E-state index in [1.807, 2.05) is 41.3 Å². The molecule has 0 atom stereocenters. The minimum absolute atomic E-state index is 0.0478. The first kappa shape index (κ1) is 21.7. The summed E-state index contributed by atoms with van der Waals surface area (Å²) >= 11 is 0. The molecule has 1 fully saturated rings. The van der Waals surface area contributed by atoms with Crippen LogP contribution in [0.15, 0.2) is 66.7 Å². The van der Waals surface area contributed by atoms with Gasteiger partial charge in [0.2, 0.25) is 11.8 Å². The van der Waals surface area contributed by atoms with Gasteiger partial charge in [0.1, 0.15) is 5.82 Å². The molecule has 6 heteroatoms. The zero-order valence-electron chi connectivity index (χ0n) is 18.1. The monoisotopic (exact) mass is 431 g/mol. The van der Waals surface area contributed by atoms with Crippen molar-refractivity contribution >= 4 is 34.4 Å². The lowest BCUT2D eigenvalue weighted by atomic mass is 10.0. The third-order valence-electron chi connectivity index (χ3n) is 5.64. The Balaban J connectivity index is 1.40. The minimum atomic E-state index is -0.232. The molecule has 0 spiro atoms. The molecular formula is C26H26FN3O2. The van der Waals surface area contributed by atoms with Gasteiger partial charge in [0.25, 0.3) is 0 Å². The molecule has 1 heterocycles. The molecule has 0 aromatic heterocycles. The third-order valence-corrected chi connectivity index (χ3v) is 5.64. The summed E-state index contributed by atoms with van der Waals surface area (Å²) in [6.07, 6.45) is 3.34. The highest BCUT2D eigenvalue weighted by Gasteiger charge is 2.19. The number of rotatable bonds is 5. The van der Waals surface area contributed by atoms with Crippen molar-refractivity contribution in [3.05, 3.63) is 83.7 Å². The minimum Gasteiger partial charge on any atom is -0.337 e. The molecule has 1 aliphatic heterocycles. The van der Waals surface area contributed by atoms with Crippen LogP contribution in [0.1, 0.15) is 18.1 Å². The average molecular weight is 432 g/mol. The van der Waals surface area contributed by atoms with Crippen LogP contribution in [0.3, 0.4) is 0 Å². The SMILES string of the molecule is CC(=O)Nc1cc2ccccc2cc1/C=C/C(=O)N1CCN(Cc2ccc(F)cc2)CC1. The van der Waals surface area contributed by atoms with E-state index in [9.17, 15) is 14.0 Å². The number of nitrogens with zero attached hydrogens (tertiary/aromatic N) is 2. The lowest BCUT2D eigenvalue weighted by molar-refractivity contribution is -0.127. The second kappa shape index (κ2) is 9.75. The van der Waals surface area contributed by atoms with Crippen molar-refractivity contribution in [2.45, 2.75) is 13.5 Å². The Morgan fingerprint density at radius 3 is 2.28 bits per heavy atom. The van der Waals surface area contributed by atoms with Gasteiger partial charge in [0.15, 0.2) is 0 Å². The van der Waals surface area contributed by atoms with Gasteiger partial charge in [-0.05, 0) is 52.2 Å². The Labute approximate surface area is 187 Å². The van der Waals surface area contributed by atoms with Gasteiger partial charge in [0, 0.05) is 51.4 Å². The van der Waals surface area contributed by atoms with E-state index in [0.717, 1.165) is 41.5 Å². The van der Waals surface area contributed by atoms with Crippen LogP contribution in [-0.4, -0.2) is 47.8 Å². The summed E-state index contributed by atoms with van der Waals surface area (Å²) in [5, 5.41) is 4.93. The average Bonchev–Trinajstić information content (AvgIpc) is 2.79. The van der Waals surface area contributed by atoms with Gasteiger partial charge in [-0.15, -0.1) is 0 Å². The summed E-state index contributed by atoms with van der Waals surface area (Å²) in [7, 11) is 0. The molecule has 3 aromatic rings. The second-order valence-electron chi connectivity index (χ2n) is 8.03. The molecule has 1 aliphatic rings. The van der Waals surface area contributed by atoms with Crippen LogP contribution < -0.4 is 5.32 Å². The van der Waals surface area contributed by atoms with E-state index in [-0.39, 0.29) is 17.6 Å². The highest BCUT2D eigenvalue weighted by atomic mass is 19.1. The Morgan fingerprint density at radius 2 is 1.62 bits per heavy atom. The number of amides is 2. The van der Waals surface area contributed by atoms with Crippen molar-refractivity contribution in [3.8, 4) is 0 Å². The molecule has 0 bridgehead atoms. The number of nitrogens with one attached hydrogen (secondary N) is 1. The van der Waals surface area contributed by atoms with Crippen LogP contribution in [0, 0.1) is 5.82 Å². The zero-order chi connectivity index (χ0) is 22.5. The fourth-order valence-electron chi connectivity index (χ4n) is 3.93. The molecule has 32 heavy (non-hydrogen) atoms. The quantitative estimate of drug-likeness (QED) is 0.613. The predicted molar refractivity (Wildman–Crippen MR) is 126 cm³/mol. The Hall–Kier alpha value is -3.51. The second-order valence-corrected chi connectivity index (χ2v) is 8.03. The highest BCUT2D eigenvalue weighted by Crippen LogP contribution is 2.25. The number of piperazine rings is 1. The van der Waals surface area contributed by atoms with E-state index >= 15 is 0 Å². The van der Waals surface area contributed by atoms with Crippen molar-refractivity contribution in [1.82, 2.24) is 9.80 Å². The maximum atomic E-state index is 13.1. The van der Waals surface area contributed by atoms with Crippen molar-refractivity contribution in [2.24, 2.45) is 0 Å². The fourth-order valence-corrected chi connectivity index (χ4v) is 3.93. The van der Waals surface area contributed by atoms with Crippen LogP contribution in [0.2, 0.25) is 0 Å². The largest absolute Gasteiger partial charge is 0.337 e. The van der Waals surface area contributed by atoms with E-state index in [0.29, 0.717) is 18.8 Å². The number of benzene rings is 3. The van der Waals surface area contributed by atoms with Crippen LogP contribution >= 0.6 is 0 Å². The molecule has 4 rings (SSSR count). The molecule has 1 N–H and O–H groups in total. The van der Waals surface area contributed by atoms with Crippen molar-refractivity contribution in [3.63, 3.8) is 0 Å². The number of hydrogen-bond donors (Lipinski definition) is 1. The smallest absolute Gasteiger partial charge is 0.246 e. The number of halogens is 1. The maximum absolute atomic E-state index is 13.1. The summed E-state index contributed by atoms with van der Waals surface area (Å²) in [6.45, 7) is 5.03. The Morgan fingerprint density at radius 1 is 0.969 bits per heavy atom. The summed E-state index contributed by atoms with van der Waals surface area (Å²) in [6, 6.07) is 18.4. The van der Waals surface area contributed by atoms with Crippen LogP contribution in [0.25, 0.3) is 16.8 Å². The van der Waals surface area contributed by atoms with E-state index in [1.54, 1.807) is 24.3 Å². The zero-order valence-corrected chi connectivity index (χ0v) is 18.1. The van der Waals surface area contributed by atoms with E-state index in [2.05, 4.69) is 10.2 Å². The maximum Gasteiger partial charge on any atom is 0.246 e. The summed E-state index contributed by atoms with van der Waals surface area (Å²) in [5.41, 5.74) is 2.54. The van der Waals surface area contributed by atoms with E-state index in [1.165, 1.54) is 19.1 Å². The molecular weight excluding hydrogens is 405 g/mol. The Kier molecular flexibility index (Phi) is 6.61. The summed E-state index contributed by atoms with van der Waals surface area (Å²) < 4.78 is 13.1. The number of anilines is 1. The summed E-state index contributed by atoms with van der Waals surface area (Å²) in [4.78, 5) is 28.5. The topological polar surface area (TPSA) is 52.7 Å². The molecule has 0 aliphatic carbocycles. The van der Waals surface area contributed by atoms with Crippen LogP contribution in [-0.2, 0) is 16.1 Å². The predicted octanol–water partition coefficient (Wildman–Crippen LogP) is 4.29. The molecule has 5 nitrogen and oxygen atoms in total. The first-order chi connectivity index (χ1) is 15.5. The van der Waals surface area contributed by atoms with E-state index < -0.39 is 0 Å². The van der Waals surface area contributed by atoms with Crippen LogP contribution in [0.4, 0.5) is 10.1 Å². The number of fused-ring (bicyclic) bond motifs is 1. The molecule has 3 aromatic carbocycles. The van der Waals surface area contributed by atoms with E-state index in [4.69, 9.17) is 0 Å². The highest BCUT2D eigenvalue weighted by molar-refractivity contribution is 5.99. The molecule has 2 amide bonds. The molecule has 0 unspecified atom stereocenters. The van der Waals surface area contributed by atoms with Gasteiger partial charge in [-0.25, -0.2) is 4.39 Å². The summed E-state index contributed by atoms with van der Waals surface area (Å²) in [5.74, 6) is -0.434. The molecule has 0 radical (unpaired) electrons. The van der Waals surface area contributed by atoms with Crippen molar-refractivity contribution < 1.29 is 14.0 Å². The fraction of sp³-hybridized carbons (Fsp3) is 0.231. The van der Waals surface area contributed by atoms with Gasteiger partial charge < -0.3 is 10.2 Å². The van der Waals surface area contributed by atoms with Gasteiger partial charge in [-0.2, -0.15) is 0 Å². The first-order valence-electron chi connectivity index (χ1n) is 10.7. The third kappa shape index (κ3) is 5.39. The molecule has 164 valence electrons.